The number of nitrogens with zero attached hydrogens (tertiary/aromatic N) is 4. The number of rotatable bonds is 4. The maximum absolute atomic E-state index is 13.1. The van der Waals surface area contributed by atoms with Crippen LogP contribution in [0.4, 0.5) is 0 Å². The van der Waals surface area contributed by atoms with Gasteiger partial charge in [-0.05, 0) is 30.5 Å². The molecule has 150 valence electrons. The first-order valence-electron chi connectivity index (χ1n) is 9.16. The van der Waals surface area contributed by atoms with E-state index in [2.05, 4.69) is 4.98 Å². The van der Waals surface area contributed by atoms with Gasteiger partial charge in [0, 0.05) is 40.4 Å². The summed E-state index contributed by atoms with van der Waals surface area (Å²) in [5.74, 6) is 0.453. The molecule has 0 fully saturated rings. The molecule has 0 saturated carbocycles. The molecule has 0 aliphatic heterocycles. The molecule has 5 heterocycles. The van der Waals surface area contributed by atoms with Crippen LogP contribution < -0.4 is 11.1 Å². The van der Waals surface area contributed by atoms with Crippen LogP contribution in [0, 0.1) is 6.92 Å². The van der Waals surface area contributed by atoms with Crippen LogP contribution in [-0.4, -0.2) is 18.9 Å². The number of pyridine rings is 1. The summed E-state index contributed by atoms with van der Waals surface area (Å²) >= 11 is 4.50. The molecule has 0 aromatic carbocycles. The summed E-state index contributed by atoms with van der Waals surface area (Å²) in [6.45, 7) is 1.88. The lowest BCUT2D eigenvalue weighted by Gasteiger charge is -2.09. The molecule has 0 aliphatic carbocycles. The van der Waals surface area contributed by atoms with E-state index < -0.39 is 0 Å². The van der Waals surface area contributed by atoms with Gasteiger partial charge in [0.25, 0.3) is 11.1 Å². The molecule has 0 aliphatic rings. The zero-order valence-electron chi connectivity index (χ0n) is 16.2. The van der Waals surface area contributed by atoms with Crippen molar-refractivity contribution in [3.8, 4) is 10.4 Å². The van der Waals surface area contributed by atoms with Gasteiger partial charge < -0.3 is 0 Å². The third kappa shape index (κ3) is 3.19. The lowest BCUT2D eigenvalue weighted by molar-refractivity contribution is 0.728. The Morgan fingerprint density at radius 1 is 1.10 bits per heavy atom. The van der Waals surface area contributed by atoms with Gasteiger partial charge in [-0.25, -0.2) is 9.97 Å². The third-order valence-electron chi connectivity index (χ3n) is 4.84. The highest BCUT2D eigenvalue weighted by Crippen LogP contribution is 2.34. The Balaban J connectivity index is 1.51. The van der Waals surface area contributed by atoms with Gasteiger partial charge in [-0.1, -0.05) is 23.9 Å². The number of hydrogen-bond donors (Lipinski definition) is 0. The molecular weight excluding hydrogens is 436 g/mol. The van der Waals surface area contributed by atoms with Gasteiger partial charge in [0.1, 0.15) is 10.5 Å². The Morgan fingerprint density at radius 2 is 1.97 bits per heavy atom. The molecule has 0 N–H and O–H groups in total. The van der Waals surface area contributed by atoms with E-state index in [1.54, 1.807) is 33.4 Å². The van der Waals surface area contributed by atoms with Crippen molar-refractivity contribution >= 4 is 50.3 Å². The normalized spacial score (nSPS) is 11.5. The molecule has 5 aromatic heterocycles. The first-order valence-corrected chi connectivity index (χ1v) is 11.9. The number of hydrogen-bond acceptors (Lipinski definition) is 7. The van der Waals surface area contributed by atoms with Crippen LogP contribution in [0.3, 0.4) is 0 Å². The molecule has 0 bridgehead atoms. The second-order valence-electron chi connectivity index (χ2n) is 6.80. The quantitative estimate of drug-likeness (QED) is 0.300. The van der Waals surface area contributed by atoms with Crippen molar-refractivity contribution < 1.29 is 0 Å². The topological polar surface area (TPSA) is 69.3 Å². The average molecular weight is 453 g/mol. The van der Waals surface area contributed by atoms with Gasteiger partial charge in [-0.15, -0.1) is 22.7 Å². The molecule has 0 radical (unpaired) electrons. The monoisotopic (exact) mass is 452 g/mol. The van der Waals surface area contributed by atoms with Gasteiger partial charge in [-0.2, -0.15) is 0 Å². The summed E-state index contributed by atoms with van der Waals surface area (Å²) < 4.78 is 3.17. The molecule has 30 heavy (non-hydrogen) atoms. The lowest BCUT2D eigenvalue weighted by atomic mass is 10.2. The van der Waals surface area contributed by atoms with Crippen molar-refractivity contribution in [2.75, 3.05) is 0 Å². The molecule has 0 saturated heterocycles. The van der Waals surface area contributed by atoms with Crippen molar-refractivity contribution in [2.24, 2.45) is 7.05 Å². The molecule has 0 unspecified atom stereocenters. The van der Waals surface area contributed by atoms with Gasteiger partial charge in [0.15, 0.2) is 5.16 Å². The molecule has 5 aromatic rings. The molecule has 0 amide bonds. The summed E-state index contributed by atoms with van der Waals surface area (Å²) in [5.41, 5.74) is 2.90. The first kappa shape index (κ1) is 19.2. The van der Waals surface area contributed by atoms with E-state index in [1.165, 1.54) is 23.1 Å². The standard InChI is InChI=1S/C21H16N4O2S3/c1-12-5-3-7-16-22-13(9-17(26)25(12)16)10-30-21-23-19-18(20(27)24(21)2)14(11-29-19)15-6-4-8-28-15/h3-9,11H,10H2,1-2H3. The molecular formula is C21H16N4O2S3. The molecule has 9 heteroatoms. The first-order chi connectivity index (χ1) is 14.5. The fraction of sp³-hybridized carbons (Fsp3) is 0.143. The average Bonchev–Trinajstić information content (AvgIpc) is 3.39. The zero-order chi connectivity index (χ0) is 20.8. The minimum absolute atomic E-state index is 0.0608. The van der Waals surface area contributed by atoms with Crippen LogP contribution in [-0.2, 0) is 12.8 Å². The fourth-order valence-electron chi connectivity index (χ4n) is 3.37. The SMILES string of the molecule is Cc1cccc2nc(CSc3nc4scc(-c5cccs5)c4c(=O)n3C)cc(=O)n12. The molecule has 0 spiro atoms. The Labute approximate surface area is 183 Å². The number of aryl methyl sites for hydroxylation is 1. The highest BCUT2D eigenvalue weighted by atomic mass is 32.2. The Hall–Kier alpha value is -2.75. The van der Waals surface area contributed by atoms with Gasteiger partial charge >= 0.3 is 0 Å². The van der Waals surface area contributed by atoms with E-state index in [1.807, 2.05) is 48.0 Å². The molecule has 5 rings (SSSR count). The predicted octanol–water partition coefficient (Wildman–Crippen LogP) is 4.33. The Bertz CT molecular complexity index is 1510. The van der Waals surface area contributed by atoms with Crippen molar-refractivity contribution in [3.63, 3.8) is 0 Å². The van der Waals surface area contributed by atoms with Crippen LogP contribution in [0.1, 0.15) is 11.4 Å². The second-order valence-corrected chi connectivity index (χ2v) is 9.55. The highest BCUT2D eigenvalue weighted by Gasteiger charge is 2.16. The minimum Gasteiger partial charge on any atom is -0.290 e. The van der Waals surface area contributed by atoms with Crippen LogP contribution in [0.5, 0.6) is 0 Å². The fourth-order valence-corrected chi connectivity index (χ4v) is 6.04. The predicted molar refractivity (Wildman–Crippen MR) is 124 cm³/mol. The van der Waals surface area contributed by atoms with Gasteiger partial charge in [0.2, 0.25) is 0 Å². The summed E-state index contributed by atoms with van der Waals surface area (Å²) in [6.07, 6.45) is 0. The van der Waals surface area contributed by atoms with Crippen molar-refractivity contribution in [1.82, 2.24) is 18.9 Å². The second kappa shape index (κ2) is 7.50. The third-order valence-corrected chi connectivity index (χ3v) is 7.68. The van der Waals surface area contributed by atoms with E-state index in [0.29, 0.717) is 27.6 Å². The smallest absolute Gasteiger partial charge is 0.263 e. The van der Waals surface area contributed by atoms with Crippen LogP contribution in [0.15, 0.2) is 61.9 Å². The van der Waals surface area contributed by atoms with Crippen LogP contribution in [0.25, 0.3) is 26.3 Å². The van der Waals surface area contributed by atoms with E-state index in [-0.39, 0.29) is 11.1 Å². The highest BCUT2D eigenvalue weighted by molar-refractivity contribution is 7.98. The summed E-state index contributed by atoms with van der Waals surface area (Å²) in [6, 6.07) is 11.1. The van der Waals surface area contributed by atoms with Crippen molar-refractivity contribution in [2.45, 2.75) is 17.8 Å². The van der Waals surface area contributed by atoms with Crippen LogP contribution in [0.2, 0.25) is 0 Å². The zero-order valence-corrected chi connectivity index (χ0v) is 18.6. The molecule has 0 atom stereocenters. The van der Waals surface area contributed by atoms with Gasteiger partial charge in [0.05, 0.1) is 11.1 Å². The maximum Gasteiger partial charge on any atom is 0.263 e. The van der Waals surface area contributed by atoms with E-state index in [9.17, 15) is 9.59 Å². The number of fused-ring (bicyclic) bond motifs is 2. The van der Waals surface area contributed by atoms with Gasteiger partial charge in [-0.3, -0.25) is 18.6 Å². The van der Waals surface area contributed by atoms with Crippen molar-refractivity contribution in [1.29, 1.82) is 0 Å². The lowest BCUT2D eigenvalue weighted by Crippen LogP contribution is -2.20. The maximum atomic E-state index is 13.1. The summed E-state index contributed by atoms with van der Waals surface area (Å²) in [7, 11) is 1.74. The van der Waals surface area contributed by atoms with E-state index in [0.717, 1.165) is 21.0 Å². The number of thioether (sulfide) groups is 1. The minimum atomic E-state index is -0.107. The molecule has 6 nitrogen and oxygen atoms in total. The summed E-state index contributed by atoms with van der Waals surface area (Å²) in [4.78, 5) is 36.7. The Morgan fingerprint density at radius 3 is 2.77 bits per heavy atom. The van der Waals surface area contributed by atoms with Crippen molar-refractivity contribution in [3.05, 3.63) is 79.3 Å². The largest absolute Gasteiger partial charge is 0.290 e. The van der Waals surface area contributed by atoms with E-state index >= 15 is 0 Å². The van der Waals surface area contributed by atoms with Crippen LogP contribution >= 0.6 is 34.4 Å². The van der Waals surface area contributed by atoms with E-state index in [4.69, 9.17) is 4.98 Å². The number of aromatic nitrogens is 4. The Kier molecular flexibility index (Phi) is 4.80. The number of thiophene rings is 2. The summed E-state index contributed by atoms with van der Waals surface area (Å²) in [5, 5.41) is 5.26.